The van der Waals surface area contributed by atoms with Gasteiger partial charge in [-0.2, -0.15) is 0 Å². The fourth-order valence-electron chi connectivity index (χ4n) is 1.56. The van der Waals surface area contributed by atoms with Gasteiger partial charge in [0.1, 0.15) is 16.7 Å². The summed E-state index contributed by atoms with van der Waals surface area (Å²) in [7, 11) is 1.87. The highest BCUT2D eigenvalue weighted by Gasteiger charge is 2.19. The first-order chi connectivity index (χ1) is 9.38. The SMILES string of the molecule is CNc1cc(Sc2ccc(Cl)cc2)nc(C(C)(C)C)n1. The van der Waals surface area contributed by atoms with Crippen molar-refractivity contribution in [2.24, 2.45) is 0 Å². The van der Waals surface area contributed by atoms with Gasteiger partial charge in [0.05, 0.1) is 0 Å². The molecule has 2 aromatic rings. The van der Waals surface area contributed by atoms with Crippen molar-refractivity contribution in [2.75, 3.05) is 12.4 Å². The molecule has 2 rings (SSSR count). The molecule has 0 bridgehead atoms. The minimum atomic E-state index is -0.0812. The van der Waals surface area contributed by atoms with Gasteiger partial charge in [0.15, 0.2) is 0 Å². The Kier molecular flexibility index (Phi) is 4.55. The summed E-state index contributed by atoms with van der Waals surface area (Å²) in [6.45, 7) is 6.33. The number of nitrogens with one attached hydrogen (secondary N) is 1. The Morgan fingerprint density at radius 1 is 1.10 bits per heavy atom. The summed E-state index contributed by atoms with van der Waals surface area (Å²) in [4.78, 5) is 10.3. The molecule has 3 nitrogen and oxygen atoms in total. The Labute approximate surface area is 129 Å². The maximum absolute atomic E-state index is 5.90. The maximum atomic E-state index is 5.90. The monoisotopic (exact) mass is 307 g/mol. The van der Waals surface area contributed by atoms with Crippen LogP contribution >= 0.6 is 23.4 Å². The second-order valence-corrected chi connectivity index (χ2v) is 7.00. The third kappa shape index (κ3) is 3.87. The van der Waals surface area contributed by atoms with Gasteiger partial charge in [-0.15, -0.1) is 0 Å². The second kappa shape index (κ2) is 6.02. The van der Waals surface area contributed by atoms with Crippen LogP contribution in [0.3, 0.4) is 0 Å². The minimum absolute atomic E-state index is 0.0812. The second-order valence-electron chi connectivity index (χ2n) is 5.47. The van der Waals surface area contributed by atoms with Crippen LogP contribution < -0.4 is 5.32 Å². The molecule has 5 heteroatoms. The average Bonchev–Trinajstić information content (AvgIpc) is 2.40. The van der Waals surface area contributed by atoms with Gasteiger partial charge in [-0.25, -0.2) is 9.97 Å². The first-order valence-electron chi connectivity index (χ1n) is 6.39. The molecule has 0 spiro atoms. The number of hydrogen-bond acceptors (Lipinski definition) is 4. The van der Waals surface area contributed by atoms with Crippen molar-refractivity contribution in [1.29, 1.82) is 0 Å². The van der Waals surface area contributed by atoms with E-state index in [1.807, 2.05) is 37.4 Å². The normalized spacial score (nSPS) is 11.4. The third-order valence-electron chi connectivity index (χ3n) is 2.67. The van der Waals surface area contributed by atoms with Gasteiger partial charge in [0.25, 0.3) is 0 Å². The summed E-state index contributed by atoms with van der Waals surface area (Å²) in [6.07, 6.45) is 0. The number of benzene rings is 1. The predicted molar refractivity (Wildman–Crippen MR) is 85.9 cm³/mol. The van der Waals surface area contributed by atoms with E-state index in [9.17, 15) is 0 Å². The van der Waals surface area contributed by atoms with Crippen LogP contribution in [0.4, 0.5) is 5.82 Å². The fraction of sp³-hybridized carbons (Fsp3) is 0.333. The Morgan fingerprint density at radius 2 is 1.75 bits per heavy atom. The molecule has 1 aromatic carbocycles. The average molecular weight is 308 g/mol. The minimum Gasteiger partial charge on any atom is -0.373 e. The van der Waals surface area contributed by atoms with E-state index in [-0.39, 0.29) is 5.41 Å². The van der Waals surface area contributed by atoms with Gasteiger partial charge in [0.2, 0.25) is 0 Å². The van der Waals surface area contributed by atoms with E-state index in [2.05, 4.69) is 36.1 Å². The van der Waals surface area contributed by atoms with E-state index < -0.39 is 0 Å². The van der Waals surface area contributed by atoms with Gasteiger partial charge in [-0.3, -0.25) is 0 Å². The summed E-state index contributed by atoms with van der Waals surface area (Å²) in [5.41, 5.74) is -0.0812. The molecule has 1 aromatic heterocycles. The highest BCUT2D eigenvalue weighted by Crippen LogP contribution is 2.30. The van der Waals surface area contributed by atoms with Gasteiger partial charge < -0.3 is 5.32 Å². The Morgan fingerprint density at radius 3 is 2.30 bits per heavy atom. The van der Waals surface area contributed by atoms with E-state index >= 15 is 0 Å². The lowest BCUT2D eigenvalue weighted by molar-refractivity contribution is 0.539. The Bertz CT molecular complexity index is 591. The van der Waals surface area contributed by atoms with Crippen LogP contribution in [-0.4, -0.2) is 17.0 Å². The molecule has 0 atom stereocenters. The number of hydrogen-bond donors (Lipinski definition) is 1. The number of aromatic nitrogens is 2. The molecule has 0 aliphatic carbocycles. The highest BCUT2D eigenvalue weighted by molar-refractivity contribution is 7.99. The van der Waals surface area contributed by atoms with Crippen LogP contribution in [0.15, 0.2) is 40.3 Å². The molecular weight excluding hydrogens is 290 g/mol. The van der Waals surface area contributed by atoms with Crippen molar-refractivity contribution >= 4 is 29.2 Å². The molecular formula is C15H18ClN3S. The van der Waals surface area contributed by atoms with Crippen molar-refractivity contribution < 1.29 is 0 Å². The molecule has 0 fully saturated rings. The van der Waals surface area contributed by atoms with Gasteiger partial charge in [0, 0.05) is 28.4 Å². The summed E-state index contributed by atoms with van der Waals surface area (Å²) < 4.78 is 0. The predicted octanol–water partition coefficient (Wildman–Crippen LogP) is 4.62. The third-order valence-corrected chi connectivity index (χ3v) is 3.84. The zero-order chi connectivity index (χ0) is 14.8. The van der Waals surface area contributed by atoms with E-state index in [4.69, 9.17) is 11.6 Å². The summed E-state index contributed by atoms with van der Waals surface area (Å²) >= 11 is 7.51. The lowest BCUT2D eigenvalue weighted by Gasteiger charge is -2.18. The Hall–Kier alpha value is -1.26. The zero-order valence-electron chi connectivity index (χ0n) is 12.1. The van der Waals surface area contributed by atoms with Crippen LogP contribution in [0.2, 0.25) is 5.02 Å². The maximum Gasteiger partial charge on any atom is 0.137 e. The molecule has 0 aliphatic heterocycles. The van der Waals surface area contributed by atoms with Crippen LogP contribution in [0, 0.1) is 0 Å². The van der Waals surface area contributed by atoms with Crippen LogP contribution in [0.25, 0.3) is 0 Å². The van der Waals surface area contributed by atoms with Crippen molar-refractivity contribution in [3.05, 3.63) is 41.2 Å². The molecule has 0 amide bonds. The summed E-state index contributed by atoms with van der Waals surface area (Å²) in [5, 5.41) is 4.76. The van der Waals surface area contributed by atoms with E-state index in [0.29, 0.717) is 0 Å². The molecule has 20 heavy (non-hydrogen) atoms. The van der Waals surface area contributed by atoms with Crippen molar-refractivity contribution in [3.8, 4) is 0 Å². The summed E-state index contributed by atoms with van der Waals surface area (Å²) in [5.74, 6) is 1.67. The Balaban J connectivity index is 2.33. The highest BCUT2D eigenvalue weighted by atomic mass is 35.5. The fourth-order valence-corrected chi connectivity index (χ4v) is 2.51. The van der Waals surface area contributed by atoms with Crippen molar-refractivity contribution in [1.82, 2.24) is 9.97 Å². The number of anilines is 1. The molecule has 0 aliphatic rings. The smallest absolute Gasteiger partial charge is 0.137 e. The van der Waals surface area contributed by atoms with E-state index in [1.165, 1.54) is 0 Å². The number of nitrogens with zero attached hydrogens (tertiary/aromatic N) is 2. The molecule has 0 saturated heterocycles. The molecule has 0 radical (unpaired) electrons. The van der Waals surface area contributed by atoms with E-state index in [0.717, 1.165) is 26.6 Å². The van der Waals surface area contributed by atoms with E-state index in [1.54, 1.807) is 11.8 Å². The van der Waals surface area contributed by atoms with Crippen LogP contribution in [0.5, 0.6) is 0 Å². The lowest BCUT2D eigenvalue weighted by atomic mass is 9.96. The lowest BCUT2D eigenvalue weighted by Crippen LogP contribution is -2.17. The first-order valence-corrected chi connectivity index (χ1v) is 7.58. The topological polar surface area (TPSA) is 37.8 Å². The quantitative estimate of drug-likeness (QED) is 0.840. The van der Waals surface area contributed by atoms with Crippen LogP contribution in [0.1, 0.15) is 26.6 Å². The molecule has 0 unspecified atom stereocenters. The van der Waals surface area contributed by atoms with Gasteiger partial charge >= 0.3 is 0 Å². The van der Waals surface area contributed by atoms with Gasteiger partial charge in [-0.05, 0) is 24.3 Å². The number of rotatable bonds is 3. The van der Waals surface area contributed by atoms with Crippen LogP contribution in [-0.2, 0) is 5.41 Å². The molecule has 0 saturated carbocycles. The summed E-state index contributed by atoms with van der Waals surface area (Å²) in [6, 6.07) is 9.70. The van der Waals surface area contributed by atoms with Crippen molar-refractivity contribution in [3.63, 3.8) is 0 Å². The number of halogens is 1. The first kappa shape index (κ1) is 15.1. The molecule has 1 heterocycles. The van der Waals surface area contributed by atoms with Gasteiger partial charge in [-0.1, -0.05) is 44.1 Å². The molecule has 1 N–H and O–H groups in total. The standard InChI is InChI=1S/C15H18ClN3S/c1-15(2,3)14-18-12(17-4)9-13(19-14)20-11-7-5-10(16)6-8-11/h5-9H,1-4H3,(H,17,18,19). The largest absolute Gasteiger partial charge is 0.373 e. The zero-order valence-corrected chi connectivity index (χ0v) is 13.6. The molecule has 106 valence electrons. The van der Waals surface area contributed by atoms with Crippen molar-refractivity contribution in [2.45, 2.75) is 36.1 Å².